The molecule has 0 saturated heterocycles. The average molecular weight is 361 g/mol. The Kier molecular flexibility index (Phi) is 4.82. The molecule has 3 heterocycles. The van der Waals surface area contributed by atoms with Crippen LogP contribution >= 0.6 is 0 Å². The Morgan fingerprint density at radius 1 is 1.07 bits per heavy atom. The first-order chi connectivity index (χ1) is 13.2. The fourth-order valence-corrected chi connectivity index (χ4v) is 3.13. The zero-order valence-electron chi connectivity index (χ0n) is 15.6. The van der Waals surface area contributed by atoms with Gasteiger partial charge in [-0.2, -0.15) is 10.2 Å². The van der Waals surface area contributed by atoms with Gasteiger partial charge in [0.15, 0.2) is 0 Å². The molecule has 1 aromatic carbocycles. The van der Waals surface area contributed by atoms with Gasteiger partial charge < -0.3 is 5.32 Å². The predicted octanol–water partition coefficient (Wildman–Crippen LogP) is 3.16. The molecule has 138 valence electrons. The minimum absolute atomic E-state index is 0.642. The largest absolute Gasteiger partial charge is 0.354 e. The highest BCUT2D eigenvalue weighted by Crippen LogP contribution is 2.17. The molecule has 0 fully saturated rings. The molecule has 3 aromatic heterocycles. The summed E-state index contributed by atoms with van der Waals surface area (Å²) in [6, 6.07) is 10.1. The summed E-state index contributed by atoms with van der Waals surface area (Å²) in [6.45, 7) is 2.89. The van der Waals surface area contributed by atoms with Crippen molar-refractivity contribution in [2.75, 3.05) is 11.9 Å². The highest BCUT2D eigenvalue weighted by molar-refractivity contribution is 5.77. The first kappa shape index (κ1) is 17.2. The molecule has 1 N–H and O–H groups in total. The van der Waals surface area contributed by atoms with Crippen LogP contribution in [0.4, 0.5) is 5.95 Å². The monoisotopic (exact) mass is 361 g/mol. The lowest BCUT2D eigenvalue weighted by Gasteiger charge is -2.04. The van der Waals surface area contributed by atoms with Crippen molar-refractivity contribution in [1.29, 1.82) is 0 Å². The summed E-state index contributed by atoms with van der Waals surface area (Å²) >= 11 is 0. The standard InChI is InChI=1S/C20H23N7/c1-3-7-17-19-18(26(2)25-17)13-22-20(24-19)21-11-10-15-12-23-27(14-15)16-8-5-4-6-9-16/h4-6,8-9,12-14H,3,7,10-11H2,1-2H3,(H,21,22,24). The van der Waals surface area contributed by atoms with Crippen molar-refractivity contribution in [3.05, 3.63) is 60.2 Å². The van der Waals surface area contributed by atoms with Gasteiger partial charge in [-0.1, -0.05) is 31.5 Å². The van der Waals surface area contributed by atoms with Crippen molar-refractivity contribution >= 4 is 17.0 Å². The number of rotatable bonds is 7. The summed E-state index contributed by atoms with van der Waals surface area (Å²) in [5.74, 6) is 0.642. The number of nitrogens with one attached hydrogen (secondary N) is 1. The van der Waals surface area contributed by atoms with Gasteiger partial charge in [0, 0.05) is 19.8 Å². The lowest BCUT2D eigenvalue weighted by molar-refractivity contribution is 0.752. The Balaban J connectivity index is 1.42. The van der Waals surface area contributed by atoms with E-state index in [0.29, 0.717) is 5.95 Å². The minimum Gasteiger partial charge on any atom is -0.354 e. The molecule has 4 aromatic rings. The van der Waals surface area contributed by atoms with E-state index < -0.39 is 0 Å². The van der Waals surface area contributed by atoms with E-state index in [4.69, 9.17) is 0 Å². The molecule has 4 rings (SSSR count). The van der Waals surface area contributed by atoms with Crippen LogP contribution < -0.4 is 5.32 Å². The second kappa shape index (κ2) is 7.57. The summed E-state index contributed by atoms with van der Waals surface area (Å²) < 4.78 is 3.74. The predicted molar refractivity (Wildman–Crippen MR) is 106 cm³/mol. The van der Waals surface area contributed by atoms with Crippen LogP contribution in [0.25, 0.3) is 16.7 Å². The second-order valence-electron chi connectivity index (χ2n) is 6.55. The van der Waals surface area contributed by atoms with Crippen LogP contribution in [-0.4, -0.2) is 36.1 Å². The Hall–Kier alpha value is -3.22. The second-order valence-corrected chi connectivity index (χ2v) is 6.55. The lowest BCUT2D eigenvalue weighted by Crippen LogP contribution is -2.07. The molecule has 27 heavy (non-hydrogen) atoms. The molecule has 0 radical (unpaired) electrons. The molecule has 0 aliphatic heterocycles. The summed E-state index contributed by atoms with van der Waals surface area (Å²) in [5, 5.41) is 12.3. The van der Waals surface area contributed by atoms with Crippen LogP contribution in [0.5, 0.6) is 0 Å². The molecule has 0 unspecified atom stereocenters. The summed E-state index contributed by atoms with van der Waals surface area (Å²) in [5.41, 5.74) is 5.16. The maximum atomic E-state index is 4.67. The first-order valence-corrected chi connectivity index (χ1v) is 9.26. The van der Waals surface area contributed by atoms with Crippen molar-refractivity contribution in [2.45, 2.75) is 26.2 Å². The van der Waals surface area contributed by atoms with Gasteiger partial charge in [0.25, 0.3) is 0 Å². The van der Waals surface area contributed by atoms with Gasteiger partial charge in [0.2, 0.25) is 5.95 Å². The van der Waals surface area contributed by atoms with E-state index in [9.17, 15) is 0 Å². The average Bonchev–Trinajstić information content (AvgIpc) is 3.28. The molecule has 0 bridgehead atoms. The number of hydrogen-bond acceptors (Lipinski definition) is 5. The fraction of sp³-hybridized carbons (Fsp3) is 0.300. The van der Waals surface area contributed by atoms with E-state index in [2.05, 4.69) is 38.6 Å². The molecule has 0 spiro atoms. The number of benzene rings is 1. The SMILES string of the molecule is CCCc1nn(C)c2cnc(NCCc3cnn(-c4ccccc4)c3)nc12. The maximum absolute atomic E-state index is 4.67. The van der Waals surface area contributed by atoms with Gasteiger partial charge in [0.1, 0.15) is 11.0 Å². The summed E-state index contributed by atoms with van der Waals surface area (Å²) in [4.78, 5) is 9.09. The molecule has 0 aliphatic rings. The molecule has 0 aliphatic carbocycles. The lowest BCUT2D eigenvalue weighted by atomic mass is 10.2. The van der Waals surface area contributed by atoms with E-state index in [-0.39, 0.29) is 0 Å². The number of aryl methyl sites for hydroxylation is 2. The van der Waals surface area contributed by atoms with E-state index in [1.54, 1.807) is 0 Å². The van der Waals surface area contributed by atoms with Crippen LogP contribution in [0.1, 0.15) is 24.6 Å². The summed E-state index contributed by atoms with van der Waals surface area (Å²) in [7, 11) is 1.93. The molecule has 0 saturated carbocycles. The third kappa shape index (κ3) is 3.67. The number of nitrogens with zero attached hydrogens (tertiary/aromatic N) is 6. The third-order valence-electron chi connectivity index (χ3n) is 4.50. The zero-order valence-corrected chi connectivity index (χ0v) is 15.6. The Bertz CT molecular complexity index is 1030. The molecule has 0 amide bonds. The van der Waals surface area contributed by atoms with E-state index in [0.717, 1.165) is 48.2 Å². The number of anilines is 1. The number of fused-ring (bicyclic) bond motifs is 1. The Morgan fingerprint density at radius 2 is 1.93 bits per heavy atom. The van der Waals surface area contributed by atoms with Gasteiger partial charge in [-0.3, -0.25) is 4.68 Å². The quantitative estimate of drug-likeness (QED) is 0.547. The van der Waals surface area contributed by atoms with Crippen molar-refractivity contribution < 1.29 is 0 Å². The smallest absolute Gasteiger partial charge is 0.223 e. The number of hydrogen-bond donors (Lipinski definition) is 1. The third-order valence-corrected chi connectivity index (χ3v) is 4.50. The maximum Gasteiger partial charge on any atom is 0.223 e. The van der Waals surface area contributed by atoms with Gasteiger partial charge in [-0.25, -0.2) is 14.6 Å². The highest BCUT2D eigenvalue weighted by atomic mass is 15.3. The fourth-order valence-electron chi connectivity index (χ4n) is 3.13. The Labute approximate surface area is 158 Å². The Morgan fingerprint density at radius 3 is 2.74 bits per heavy atom. The normalized spacial score (nSPS) is 11.2. The molecule has 0 atom stereocenters. The van der Waals surface area contributed by atoms with Crippen molar-refractivity contribution in [1.82, 2.24) is 29.5 Å². The topological polar surface area (TPSA) is 73.5 Å². The first-order valence-electron chi connectivity index (χ1n) is 9.26. The van der Waals surface area contributed by atoms with Crippen LogP contribution in [-0.2, 0) is 19.9 Å². The van der Waals surface area contributed by atoms with Crippen molar-refractivity contribution in [3.8, 4) is 5.69 Å². The number of para-hydroxylation sites is 1. The van der Waals surface area contributed by atoms with Crippen molar-refractivity contribution in [3.63, 3.8) is 0 Å². The highest BCUT2D eigenvalue weighted by Gasteiger charge is 2.11. The molecular formula is C20H23N7. The van der Waals surface area contributed by atoms with Gasteiger partial charge in [-0.05, 0) is 30.5 Å². The zero-order chi connectivity index (χ0) is 18.6. The van der Waals surface area contributed by atoms with E-state index in [1.165, 1.54) is 5.56 Å². The van der Waals surface area contributed by atoms with Crippen LogP contribution in [0.15, 0.2) is 48.9 Å². The molecular weight excluding hydrogens is 338 g/mol. The molecule has 7 heteroatoms. The van der Waals surface area contributed by atoms with Gasteiger partial charge >= 0.3 is 0 Å². The van der Waals surface area contributed by atoms with Gasteiger partial charge in [-0.15, -0.1) is 0 Å². The van der Waals surface area contributed by atoms with Crippen LogP contribution in [0.3, 0.4) is 0 Å². The minimum atomic E-state index is 0.642. The van der Waals surface area contributed by atoms with E-state index >= 15 is 0 Å². The number of aromatic nitrogens is 6. The van der Waals surface area contributed by atoms with Crippen LogP contribution in [0, 0.1) is 0 Å². The van der Waals surface area contributed by atoms with Gasteiger partial charge in [0.05, 0.1) is 23.8 Å². The molecule has 7 nitrogen and oxygen atoms in total. The van der Waals surface area contributed by atoms with Crippen LogP contribution in [0.2, 0.25) is 0 Å². The van der Waals surface area contributed by atoms with Crippen molar-refractivity contribution in [2.24, 2.45) is 7.05 Å². The van der Waals surface area contributed by atoms with E-state index in [1.807, 2.05) is 59.1 Å². The summed E-state index contributed by atoms with van der Waals surface area (Å²) in [6.07, 6.45) is 8.62.